The lowest BCUT2D eigenvalue weighted by Crippen LogP contribution is -2.53. The van der Waals surface area contributed by atoms with Crippen LogP contribution in [0, 0.1) is 5.82 Å². The van der Waals surface area contributed by atoms with Crippen LogP contribution in [-0.4, -0.2) is 75.0 Å². The van der Waals surface area contributed by atoms with Crippen molar-refractivity contribution in [3.63, 3.8) is 0 Å². The third-order valence-electron chi connectivity index (χ3n) is 8.46. The summed E-state index contributed by atoms with van der Waals surface area (Å²) in [6.07, 6.45) is 3.84. The Kier molecular flexibility index (Phi) is 8.34. The third-order valence-corrected chi connectivity index (χ3v) is 9.90. The average molecular weight is 649 g/mol. The van der Waals surface area contributed by atoms with Gasteiger partial charge in [-0.2, -0.15) is 12.7 Å². The Bertz CT molecular complexity index is 1900. The zero-order valence-corrected chi connectivity index (χ0v) is 27.2. The molecule has 0 saturated heterocycles. The molecule has 0 radical (unpaired) electrons. The number of carbonyl (C=O) groups excluding carboxylic acids is 1. The van der Waals surface area contributed by atoms with Gasteiger partial charge in [-0.05, 0) is 24.3 Å². The van der Waals surface area contributed by atoms with Gasteiger partial charge in [-0.3, -0.25) is 14.5 Å². The number of ether oxygens (including phenoxy) is 2. The molecule has 0 unspecified atom stereocenters. The van der Waals surface area contributed by atoms with E-state index in [0.717, 1.165) is 15.6 Å². The number of rotatable bonds is 11. The van der Waals surface area contributed by atoms with Crippen molar-refractivity contribution in [2.45, 2.75) is 44.2 Å². The minimum atomic E-state index is -3.93. The molecule has 1 aliphatic carbocycles. The first-order chi connectivity index (χ1) is 21.9. The maximum absolute atomic E-state index is 15.8. The summed E-state index contributed by atoms with van der Waals surface area (Å²) in [6, 6.07) is 14.2. The number of para-hydroxylation sites is 1. The van der Waals surface area contributed by atoms with Crippen LogP contribution in [0.1, 0.15) is 32.3 Å². The predicted molar refractivity (Wildman–Crippen MR) is 175 cm³/mol. The molecule has 6 rings (SSSR count). The fourth-order valence-corrected chi connectivity index (χ4v) is 6.71. The van der Waals surface area contributed by atoms with E-state index in [-0.39, 0.29) is 41.8 Å². The monoisotopic (exact) mass is 648 g/mol. The summed E-state index contributed by atoms with van der Waals surface area (Å²) in [5.41, 5.74) is 1.62. The molecule has 0 bridgehead atoms. The summed E-state index contributed by atoms with van der Waals surface area (Å²) in [7, 11) is 0.584. The average Bonchev–Trinajstić information content (AvgIpc) is 3.22. The molecule has 1 spiro atoms. The molecule has 4 aromatic rings. The number of hydrogen-bond donors (Lipinski definition) is 2. The third kappa shape index (κ3) is 5.74. The minimum Gasteiger partial charge on any atom is -0.490 e. The van der Waals surface area contributed by atoms with Crippen molar-refractivity contribution in [1.29, 1.82) is 0 Å². The summed E-state index contributed by atoms with van der Waals surface area (Å²) in [5, 5.41) is 3.87. The first-order valence-electron chi connectivity index (χ1n) is 15.1. The molecule has 1 amide bonds. The number of fused-ring (bicyclic) bond motifs is 4. The number of amides is 1. The molecule has 1 saturated carbocycles. The Morgan fingerprint density at radius 2 is 1.85 bits per heavy atom. The highest BCUT2D eigenvalue weighted by atomic mass is 32.2. The second-order valence-electron chi connectivity index (χ2n) is 12.2. The fraction of sp³-hybridized carbons (Fsp3) is 0.364. The van der Waals surface area contributed by atoms with Crippen molar-refractivity contribution >= 4 is 38.4 Å². The maximum atomic E-state index is 15.8. The Labute approximate surface area is 267 Å². The normalized spacial score (nSPS) is 19.2. The van der Waals surface area contributed by atoms with Gasteiger partial charge >= 0.3 is 10.2 Å². The largest absolute Gasteiger partial charge is 0.490 e. The molecule has 2 aliphatic rings. The summed E-state index contributed by atoms with van der Waals surface area (Å²) in [5.74, 6) is 0.186. The second-order valence-corrected chi connectivity index (χ2v) is 14.1. The topological polar surface area (TPSA) is 126 Å². The quantitative estimate of drug-likeness (QED) is 0.228. The number of pyridine rings is 2. The molecule has 2 aromatic heterocycles. The number of benzene rings is 2. The van der Waals surface area contributed by atoms with Gasteiger partial charge in [0.25, 0.3) is 0 Å². The van der Waals surface area contributed by atoms with E-state index in [2.05, 4.69) is 20.0 Å². The highest BCUT2D eigenvalue weighted by Crippen LogP contribution is 2.56. The van der Waals surface area contributed by atoms with Gasteiger partial charge < -0.3 is 19.7 Å². The number of halogens is 1. The summed E-state index contributed by atoms with van der Waals surface area (Å²) in [4.78, 5) is 24.2. The molecule has 242 valence electrons. The van der Waals surface area contributed by atoms with Crippen LogP contribution >= 0.6 is 0 Å². The summed E-state index contributed by atoms with van der Waals surface area (Å²) >= 11 is 0. The zero-order chi connectivity index (χ0) is 32.8. The second kappa shape index (κ2) is 12.1. The van der Waals surface area contributed by atoms with E-state index in [1.54, 1.807) is 24.2 Å². The van der Waals surface area contributed by atoms with Crippen molar-refractivity contribution in [1.82, 2.24) is 19.6 Å². The zero-order valence-electron chi connectivity index (χ0n) is 26.4. The first kappa shape index (κ1) is 31.6. The van der Waals surface area contributed by atoms with Crippen LogP contribution in [0.3, 0.4) is 0 Å². The molecular formula is C33H37FN6O5S. The van der Waals surface area contributed by atoms with Crippen LogP contribution in [0.4, 0.5) is 15.8 Å². The van der Waals surface area contributed by atoms with Crippen LogP contribution in [0.25, 0.3) is 22.0 Å². The minimum absolute atomic E-state index is 0.0499. The Morgan fingerprint density at radius 1 is 1.11 bits per heavy atom. The van der Waals surface area contributed by atoms with Gasteiger partial charge in [-0.1, -0.05) is 32.0 Å². The van der Waals surface area contributed by atoms with Crippen LogP contribution < -0.4 is 24.4 Å². The van der Waals surface area contributed by atoms with E-state index in [1.165, 1.54) is 32.4 Å². The molecular weight excluding hydrogens is 611 g/mol. The predicted octanol–water partition coefficient (Wildman–Crippen LogP) is 4.49. The van der Waals surface area contributed by atoms with Crippen LogP contribution in [0.2, 0.25) is 0 Å². The Hall–Kier alpha value is -4.33. The van der Waals surface area contributed by atoms with Gasteiger partial charge in [0.2, 0.25) is 11.8 Å². The standard InChI is InChI=1S/C33H37FN6O5S/c1-20(2)35-11-12-44-31-28(38-46(42,43)39(3)4)13-21(18-37-31)24-14-25-27(15-26(24)34)36-19-29-30(25)33(32(41)40(29)5)16-23(17-33)45-22-9-7-6-8-10-22/h6-10,13-15,18-20,23,35,38H,11-12,16-17H2,1-5H3/t23-,33+. The van der Waals surface area contributed by atoms with E-state index in [0.29, 0.717) is 41.5 Å². The number of nitrogens with one attached hydrogen (secondary N) is 2. The van der Waals surface area contributed by atoms with Crippen molar-refractivity contribution < 1.29 is 27.1 Å². The number of carbonyl (C=O) groups is 1. The summed E-state index contributed by atoms with van der Waals surface area (Å²) < 4.78 is 56.9. The van der Waals surface area contributed by atoms with Gasteiger partial charge in [0.15, 0.2) is 0 Å². The van der Waals surface area contributed by atoms with Crippen LogP contribution in [0.15, 0.2) is 60.9 Å². The van der Waals surface area contributed by atoms with Gasteiger partial charge in [-0.25, -0.2) is 9.37 Å². The molecule has 3 heterocycles. The van der Waals surface area contributed by atoms with Gasteiger partial charge in [-0.15, -0.1) is 0 Å². The van der Waals surface area contributed by atoms with Gasteiger partial charge in [0, 0.05) is 80.9 Å². The van der Waals surface area contributed by atoms with Crippen molar-refractivity contribution in [3.05, 3.63) is 72.3 Å². The maximum Gasteiger partial charge on any atom is 0.301 e. The highest BCUT2D eigenvalue weighted by Gasteiger charge is 2.59. The number of anilines is 2. The van der Waals surface area contributed by atoms with Crippen LogP contribution in [-0.2, 0) is 20.4 Å². The van der Waals surface area contributed by atoms with Gasteiger partial charge in [0.1, 0.15) is 30.0 Å². The Balaban J connectivity index is 1.39. The highest BCUT2D eigenvalue weighted by molar-refractivity contribution is 7.90. The molecule has 2 aromatic carbocycles. The fourth-order valence-electron chi connectivity index (χ4n) is 6.10. The molecule has 2 N–H and O–H groups in total. The van der Waals surface area contributed by atoms with E-state index >= 15 is 4.39 Å². The smallest absolute Gasteiger partial charge is 0.301 e. The summed E-state index contributed by atoms with van der Waals surface area (Å²) in [6.45, 7) is 4.76. The molecule has 11 nitrogen and oxygen atoms in total. The van der Waals surface area contributed by atoms with Gasteiger partial charge in [0.05, 0.1) is 22.8 Å². The molecule has 1 fully saturated rings. The SMILES string of the molecule is CC(C)NCCOc1ncc(-c2cc3c(cc2F)ncc2c3[C@]3(C[C@H](Oc4ccccc4)C3)C(=O)N2C)cc1NS(=O)(=O)N(C)C. The number of likely N-dealkylation sites (N-methyl/N-ethyl adjacent to an activating group) is 1. The van der Waals surface area contributed by atoms with E-state index < -0.39 is 21.4 Å². The first-order valence-corrected chi connectivity index (χ1v) is 16.5. The van der Waals surface area contributed by atoms with Crippen molar-refractivity contribution in [3.8, 4) is 22.8 Å². The van der Waals surface area contributed by atoms with E-state index in [9.17, 15) is 13.2 Å². The lowest BCUT2D eigenvalue weighted by molar-refractivity contribution is -0.129. The van der Waals surface area contributed by atoms with Crippen LogP contribution in [0.5, 0.6) is 11.6 Å². The molecule has 46 heavy (non-hydrogen) atoms. The van der Waals surface area contributed by atoms with E-state index in [1.807, 2.05) is 44.2 Å². The van der Waals surface area contributed by atoms with Crippen molar-refractivity contribution in [2.24, 2.45) is 0 Å². The molecule has 1 aliphatic heterocycles. The lowest BCUT2D eigenvalue weighted by Gasteiger charge is -2.43. The number of aromatic nitrogens is 2. The number of hydrogen-bond acceptors (Lipinski definition) is 8. The molecule has 13 heteroatoms. The lowest BCUT2D eigenvalue weighted by atomic mass is 9.62. The Morgan fingerprint density at radius 3 is 2.54 bits per heavy atom. The van der Waals surface area contributed by atoms with E-state index in [4.69, 9.17) is 9.47 Å². The van der Waals surface area contributed by atoms with Crippen molar-refractivity contribution in [2.75, 3.05) is 43.9 Å². The number of nitrogens with zero attached hydrogens (tertiary/aromatic N) is 4. The molecule has 0 atom stereocenters.